The van der Waals surface area contributed by atoms with E-state index in [2.05, 4.69) is 20.9 Å². The van der Waals surface area contributed by atoms with Gasteiger partial charge >= 0.3 is 11.9 Å². The van der Waals surface area contributed by atoms with E-state index in [0.717, 1.165) is 0 Å². The Morgan fingerprint density at radius 1 is 0.714 bits per heavy atom. The lowest BCUT2D eigenvalue weighted by atomic mass is 10.0. The highest BCUT2D eigenvalue weighted by Gasteiger charge is 2.31. The Kier molecular flexibility index (Phi) is 13.4. The molecule has 2 aromatic carbocycles. The Balaban J connectivity index is 2.26. The Morgan fingerprint density at radius 3 is 1.69 bits per heavy atom. The van der Waals surface area contributed by atoms with Gasteiger partial charge in [0, 0.05) is 19.4 Å². The zero-order chi connectivity index (χ0) is 31.1. The first-order valence-electron chi connectivity index (χ1n) is 13.2. The van der Waals surface area contributed by atoms with Crippen molar-refractivity contribution in [2.45, 2.75) is 56.3 Å². The quantitative estimate of drug-likeness (QED) is 0.0631. The van der Waals surface area contributed by atoms with Crippen molar-refractivity contribution in [3.63, 3.8) is 0 Å². The fraction of sp³-hybridized carbons (Fsp3) is 0.357. The lowest BCUT2D eigenvalue weighted by Crippen LogP contribution is -2.58. The van der Waals surface area contributed by atoms with Crippen LogP contribution in [-0.4, -0.2) is 76.5 Å². The summed E-state index contributed by atoms with van der Waals surface area (Å²) in [7, 11) is 0. The molecule has 0 saturated heterocycles. The molecule has 0 aromatic heterocycles. The van der Waals surface area contributed by atoms with Crippen molar-refractivity contribution in [1.29, 1.82) is 0 Å². The van der Waals surface area contributed by atoms with Gasteiger partial charge in [-0.05, 0) is 24.0 Å². The normalized spacial score (nSPS) is 13.5. The number of carbonyl (C=O) groups is 5. The van der Waals surface area contributed by atoms with Gasteiger partial charge in [0.15, 0.2) is 5.96 Å². The number of carbonyl (C=O) groups excluding carboxylic acids is 3. The number of benzene rings is 2. The van der Waals surface area contributed by atoms with Crippen LogP contribution in [0.1, 0.15) is 30.4 Å². The minimum atomic E-state index is -1.42. The van der Waals surface area contributed by atoms with Gasteiger partial charge in [-0.25, -0.2) is 4.79 Å². The lowest BCUT2D eigenvalue weighted by molar-refractivity contribution is -0.142. The molecule has 0 aliphatic heterocycles. The van der Waals surface area contributed by atoms with Gasteiger partial charge in [-0.15, -0.1) is 0 Å². The Labute approximate surface area is 242 Å². The maximum atomic E-state index is 13.4. The average Bonchev–Trinajstić information content (AvgIpc) is 2.94. The highest BCUT2D eigenvalue weighted by atomic mass is 16.4. The minimum absolute atomic E-state index is 0.00470. The SMILES string of the molecule is NC(N)=NCCCC(NC(=O)C(Cc1ccccc1)NC(=O)C(N)CC(=O)O)C(=O)NC(Cc1ccccc1)C(=O)O. The van der Waals surface area contributed by atoms with Gasteiger partial charge in [0.1, 0.15) is 18.1 Å². The Bertz CT molecular complexity index is 1240. The van der Waals surface area contributed by atoms with Gasteiger partial charge < -0.3 is 43.4 Å². The number of amides is 3. The third kappa shape index (κ3) is 12.0. The fourth-order valence-corrected chi connectivity index (χ4v) is 3.99. The summed E-state index contributed by atoms with van der Waals surface area (Å²) >= 11 is 0. The summed E-state index contributed by atoms with van der Waals surface area (Å²) in [4.78, 5) is 66.2. The monoisotopic (exact) mass is 583 g/mol. The third-order valence-corrected chi connectivity index (χ3v) is 6.12. The molecule has 226 valence electrons. The summed E-state index contributed by atoms with van der Waals surface area (Å²) in [6.45, 7) is 0.141. The van der Waals surface area contributed by atoms with Gasteiger partial charge in [0.05, 0.1) is 12.5 Å². The first kappa shape index (κ1) is 33.2. The van der Waals surface area contributed by atoms with Crippen molar-refractivity contribution in [2.24, 2.45) is 22.2 Å². The van der Waals surface area contributed by atoms with E-state index in [1.54, 1.807) is 60.7 Å². The number of hydrogen-bond donors (Lipinski definition) is 8. The number of aliphatic carboxylic acids is 2. The van der Waals surface area contributed by atoms with E-state index in [1.165, 1.54) is 0 Å². The van der Waals surface area contributed by atoms with Crippen LogP contribution in [0.4, 0.5) is 0 Å². The molecule has 0 spiro atoms. The van der Waals surface area contributed by atoms with Gasteiger partial charge in [-0.2, -0.15) is 0 Å². The van der Waals surface area contributed by atoms with Crippen LogP contribution in [0.2, 0.25) is 0 Å². The van der Waals surface area contributed by atoms with E-state index >= 15 is 0 Å². The second kappa shape index (κ2) is 17.0. The number of nitrogens with zero attached hydrogens (tertiary/aromatic N) is 1. The van der Waals surface area contributed by atoms with E-state index in [1.807, 2.05) is 0 Å². The van der Waals surface area contributed by atoms with E-state index in [0.29, 0.717) is 11.1 Å². The molecule has 14 heteroatoms. The molecule has 4 unspecified atom stereocenters. The summed E-state index contributed by atoms with van der Waals surface area (Å²) in [5, 5.41) is 26.3. The molecule has 0 aliphatic rings. The largest absolute Gasteiger partial charge is 0.481 e. The van der Waals surface area contributed by atoms with Crippen molar-refractivity contribution in [3.05, 3.63) is 71.8 Å². The maximum Gasteiger partial charge on any atom is 0.326 e. The van der Waals surface area contributed by atoms with E-state index in [4.69, 9.17) is 22.3 Å². The van der Waals surface area contributed by atoms with E-state index < -0.39 is 60.2 Å². The first-order valence-corrected chi connectivity index (χ1v) is 13.2. The molecule has 0 bridgehead atoms. The van der Waals surface area contributed by atoms with Crippen LogP contribution in [0.5, 0.6) is 0 Å². The second-order valence-electron chi connectivity index (χ2n) is 9.55. The van der Waals surface area contributed by atoms with Crippen molar-refractivity contribution >= 4 is 35.6 Å². The predicted molar refractivity (Wildman–Crippen MR) is 154 cm³/mol. The molecular weight excluding hydrogens is 546 g/mol. The summed E-state index contributed by atoms with van der Waals surface area (Å²) in [5.74, 6) is -5.09. The summed E-state index contributed by atoms with van der Waals surface area (Å²) in [6, 6.07) is 12.3. The van der Waals surface area contributed by atoms with Crippen molar-refractivity contribution in [2.75, 3.05) is 6.54 Å². The van der Waals surface area contributed by atoms with Gasteiger partial charge in [0.2, 0.25) is 17.7 Å². The molecule has 0 fully saturated rings. The zero-order valence-electron chi connectivity index (χ0n) is 22.9. The zero-order valence-corrected chi connectivity index (χ0v) is 22.9. The summed E-state index contributed by atoms with van der Waals surface area (Å²) in [6.07, 6.45) is -0.348. The molecule has 2 rings (SSSR count). The van der Waals surface area contributed by atoms with Crippen molar-refractivity contribution < 1.29 is 34.2 Å². The van der Waals surface area contributed by atoms with Gasteiger partial charge in [0.25, 0.3) is 0 Å². The van der Waals surface area contributed by atoms with Gasteiger partial charge in [-0.3, -0.25) is 24.2 Å². The number of guanidine groups is 1. The average molecular weight is 584 g/mol. The van der Waals surface area contributed by atoms with E-state index in [9.17, 15) is 29.1 Å². The van der Waals surface area contributed by atoms with Crippen molar-refractivity contribution in [1.82, 2.24) is 16.0 Å². The summed E-state index contributed by atoms with van der Waals surface area (Å²) < 4.78 is 0. The Morgan fingerprint density at radius 2 is 1.19 bits per heavy atom. The topological polar surface area (TPSA) is 252 Å². The second-order valence-corrected chi connectivity index (χ2v) is 9.55. The molecule has 11 N–H and O–H groups in total. The van der Waals surface area contributed by atoms with Crippen LogP contribution in [0.15, 0.2) is 65.7 Å². The number of hydrogen-bond acceptors (Lipinski definition) is 7. The van der Waals surface area contributed by atoms with Gasteiger partial charge in [-0.1, -0.05) is 60.7 Å². The molecule has 0 radical (unpaired) electrons. The van der Waals surface area contributed by atoms with Crippen molar-refractivity contribution in [3.8, 4) is 0 Å². The molecule has 3 amide bonds. The number of nitrogens with one attached hydrogen (secondary N) is 3. The molecule has 42 heavy (non-hydrogen) atoms. The number of nitrogens with two attached hydrogens (primary N) is 3. The van der Waals surface area contributed by atoms with Crippen LogP contribution < -0.4 is 33.2 Å². The van der Waals surface area contributed by atoms with Crippen LogP contribution >= 0.6 is 0 Å². The van der Waals surface area contributed by atoms with Crippen LogP contribution in [-0.2, 0) is 36.8 Å². The van der Waals surface area contributed by atoms with Crippen LogP contribution in [0.25, 0.3) is 0 Å². The van der Waals surface area contributed by atoms with Crippen LogP contribution in [0.3, 0.4) is 0 Å². The predicted octanol–water partition coefficient (Wildman–Crippen LogP) is -1.13. The highest BCUT2D eigenvalue weighted by Crippen LogP contribution is 2.08. The third-order valence-electron chi connectivity index (χ3n) is 6.12. The summed E-state index contributed by atoms with van der Waals surface area (Å²) in [5.41, 5.74) is 17.8. The highest BCUT2D eigenvalue weighted by molar-refractivity contribution is 5.95. The van der Waals surface area contributed by atoms with E-state index in [-0.39, 0.29) is 38.2 Å². The first-order chi connectivity index (χ1) is 20.0. The molecule has 0 aliphatic carbocycles. The molecule has 4 atom stereocenters. The number of carboxylic acids is 2. The molecule has 2 aromatic rings. The Hall–Kier alpha value is -4.98. The maximum absolute atomic E-state index is 13.4. The molecule has 0 heterocycles. The smallest absolute Gasteiger partial charge is 0.326 e. The lowest BCUT2D eigenvalue weighted by Gasteiger charge is -2.25. The standard InChI is InChI=1S/C28H37N7O7/c29-19(16-23(36)37)24(38)34-21(14-17-8-3-1-4-9-17)26(40)33-20(12-7-13-32-28(30)31)25(39)35-22(27(41)42)15-18-10-5-2-6-11-18/h1-6,8-11,19-22H,7,12-16,29H2,(H,33,40)(H,34,38)(H,35,39)(H,36,37)(H,41,42)(H4,30,31,32). The molecule has 0 saturated carbocycles. The molecular formula is C28H37N7O7. The van der Waals surface area contributed by atoms with Crippen LogP contribution in [0, 0.1) is 0 Å². The molecule has 14 nitrogen and oxygen atoms in total. The minimum Gasteiger partial charge on any atom is -0.481 e. The number of rotatable bonds is 17. The fourth-order valence-electron chi connectivity index (χ4n) is 3.99. The number of carboxylic acid groups (broad SMARTS) is 2. The number of aliphatic imine (C=N–C) groups is 1.